The molecule has 0 aromatic carbocycles. The highest BCUT2D eigenvalue weighted by molar-refractivity contribution is 5.81. The van der Waals surface area contributed by atoms with Gasteiger partial charge in [-0.3, -0.25) is 4.79 Å². The molecule has 0 spiro atoms. The summed E-state index contributed by atoms with van der Waals surface area (Å²) in [6.07, 6.45) is 6.91. The number of nitrogens with zero attached hydrogens (tertiary/aromatic N) is 1. The van der Waals surface area contributed by atoms with Crippen LogP contribution in [0, 0.1) is 5.41 Å². The van der Waals surface area contributed by atoms with Crippen LogP contribution < -0.4 is 0 Å². The Morgan fingerprint density at radius 2 is 1.59 bits per heavy atom. The maximum absolute atomic E-state index is 12.4. The zero-order chi connectivity index (χ0) is 13.3. The highest BCUT2D eigenvalue weighted by Crippen LogP contribution is 2.23. The molecule has 0 unspecified atom stereocenters. The van der Waals surface area contributed by atoms with Crippen molar-refractivity contribution in [1.82, 2.24) is 4.90 Å². The van der Waals surface area contributed by atoms with Crippen LogP contribution in [-0.2, 0) is 4.79 Å². The molecule has 0 fully saturated rings. The van der Waals surface area contributed by atoms with E-state index in [2.05, 4.69) is 39.5 Å². The number of carbonyl (C=O) groups excluding carboxylic acids is 1. The molecule has 1 amide bonds. The Bertz CT molecular complexity index is 211. The van der Waals surface area contributed by atoms with Crippen molar-refractivity contribution in [3.8, 4) is 0 Å². The van der Waals surface area contributed by atoms with Crippen molar-refractivity contribution in [3.05, 3.63) is 0 Å². The minimum atomic E-state index is -0.195. The fourth-order valence-electron chi connectivity index (χ4n) is 1.89. The molecule has 0 aliphatic rings. The molecule has 0 aliphatic carbocycles. The highest BCUT2D eigenvalue weighted by Gasteiger charge is 2.29. The van der Waals surface area contributed by atoms with Crippen molar-refractivity contribution in [2.75, 3.05) is 13.1 Å². The first-order valence-corrected chi connectivity index (χ1v) is 7.29. The van der Waals surface area contributed by atoms with Crippen LogP contribution in [0.4, 0.5) is 0 Å². The number of carbonyl (C=O) groups is 1. The summed E-state index contributed by atoms with van der Waals surface area (Å²) >= 11 is 0. The standard InChI is InChI=1S/C15H31NO/c1-6-9-10-11-13-16(12-7-2)14(17)15(4,5)8-3/h6-13H2,1-5H3. The molecule has 0 saturated heterocycles. The summed E-state index contributed by atoms with van der Waals surface area (Å²) in [4.78, 5) is 14.4. The molecule has 0 aromatic rings. The zero-order valence-electron chi connectivity index (χ0n) is 12.5. The molecular formula is C15H31NO. The van der Waals surface area contributed by atoms with Crippen LogP contribution in [0.2, 0.25) is 0 Å². The summed E-state index contributed by atoms with van der Waals surface area (Å²) in [6.45, 7) is 12.4. The third kappa shape index (κ3) is 6.09. The van der Waals surface area contributed by atoms with Crippen molar-refractivity contribution < 1.29 is 4.79 Å². The maximum atomic E-state index is 12.4. The maximum Gasteiger partial charge on any atom is 0.228 e. The Kier molecular flexibility index (Phi) is 8.28. The Labute approximate surface area is 108 Å². The van der Waals surface area contributed by atoms with E-state index in [0.717, 1.165) is 32.4 Å². The Morgan fingerprint density at radius 3 is 2.06 bits per heavy atom. The quantitative estimate of drug-likeness (QED) is 0.553. The van der Waals surface area contributed by atoms with E-state index in [9.17, 15) is 4.79 Å². The SMILES string of the molecule is CCCCCCN(CCC)C(=O)C(C)(C)CC. The van der Waals surface area contributed by atoms with Gasteiger partial charge in [0.15, 0.2) is 0 Å². The molecule has 0 aromatic heterocycles. The average molecular weight is 241 g/mol. The van der Waals surface area contributed by atoms with Gasteiger partial charge in [0.1, 0.15) is 0 Å². The summed E-state index contributed by atoms with van der Waals surface area (Å²) < 4.78 is 0. The first-order chi connectivity index (χ1) is 7.99. The van der Waals surface area contributed by atoms with Gasteiger partial charge in [0.2, 0.25) is 5.91 Å². The van der Waals surface area contributed by atoms with Crippen molar-refractivity contribution in [3.63, 3.8) is 0 Å². The van der Waals surface area contributed by atoms with Gasteiger partial charge in [-0.15, -0.1) is 0 Å². The molecule has 0 heterocycles. The molecule has 102 valence electrons. The third-order valence-corrected chi connectivity index (χ3v) is 3.53. The highest BCUT2D eigenvalue weighted by atomic mass is 16.2. The summed E-state index contributed by atoms with van der Waals surface area (Å²) in [7, 11) is 0. The van der Waals surface area contributed by atoms with Crippen molar-refractivity contribution in [2.45, 2.75) is 73.1 Å². The van der Waals surface area contributed by atoms with Gasteiger partial charge >= 0.3 is 0 Å². The van der Waals surface area contributed by atoms with E-state index >= 15 is 0 Å². The Balaban J connectivity index is 4.26. The van der Waals surface area contributed by atoms with Gasteiger partial charge in [-0.25, -0.2) is 0 Å². The largest absolute Gasteiger partial charge is 0.342 e. The van der Waals surface area contributed by atoms with E-state index in [4.69, 9.17) is 0 Å². The summed E-state index contributed by atoms with van der Waals surface area (Å²) in [6, 6.07) is 0. The normalized spacial score (nSPS) is 11.6. The molecule has 0 radical (unpaired) electrons. The predicted octanol–water partition coefficient (Wildman–Crippen LogP) is 4.24. The van der Waals surface area contributed by atoms with Gasteiger partial charge in [0, 0.05) is 18.5 Å². The van der Waals surface area contributed by atoms with E-state index in [0.29, 0.717) is 5.91 Å². The molecule has 2 heteroatoms. The molecule has 0 aliphatic heterocycles. The lowest BCUT2D eigenvalue weighted by Crippen LogP contribution is -2.41. The first-order valence-electron chi connectivity index (χ1n) is 7.29. The second kappa shape index (κ2) is 8.54. The number of hydrogen-bond donors (Lipinski definition) is 0. The molecular weight excluding hydrogens is 210 g/mol. The molecule has 0 rings (SSSR count). The molecule has 0 bridgehead atoms. The molecule has 17 heavy (non-hydrogen) atoms. The van der Waals surface area contributed by atoms with Crippen LogP contribution in [0.3, 0.4) is 0 Å². The third-order valence-electron chi connectivity index (χ3n) is 3.53. The summed E-state index contributed by atoms with van der Waals surface area (Å²) in [5.41, 5.74) is -0.195. The van der Waals surface area contributed by atoms with Gasteiger partial charge in [0.05, 0.1) is 0 Å². The van der Waals surface area contributed by atoms with Crippen LogP contribution >= 0.6 is 0 Å². The summed E-state index contributed by atoms with van der Waals surface area (Å²) in [5.74, 6) is 0.332. The lowest BCUT2D eigenvalue weighted by molar-refractivity contribution is -0.140. The van der Waals surface area contributed by atoms with Gasteiger partial charge in [-0.1, -0.05) is 53.9 Å². The van der Waals surface area contributed by atoms with Crippen molar-refractivity contribution >= 4 is 5.91 Å². The van der Waals surface area contributed by atoms with Crippen molar-refractivity contribution in [2.24, 2.45) is 5.41 Å². The average Bonchev–Trinajstić information content (AvgIpc) is 2.32. The van der Waals surface area contributed by atoms with E-state index < -0.39 is 0 Å². The van der Waals surface area contributed by atoms with Crippen LogP contribution in [0.5, 0.6) is 0 Å². The monoisotopic (exact) mass is 241 g/mol. The number of hydrogen-bond acceptors (Lipinski definition) is 1. The molecule has 0 atom stereocenters. The Hall–Kier alpha value is -0.530. The fourth-order valence-corrected chi connectivity index (χ4v) is 1.89. The second-order valence-electron chi connectivity index (χ2n) is 5.59. The molecule has 2 nitrogen and oxygen atoms in total. The molecule has 0 N–H and O–H groups in total. The van der Waals surface area contributed by atoms with Gasteiger partial charge in [-0.05, 0) is 19.3 Å². The van der Waals surface area contributed by atoms with Crippen molar-refractivity contribution in [1.29, 1.82) is 0 Å². The van der Waals surface area contributed by atoms with Gasteiger partial charge < -0.3 is 4.90 Å². The minimum Gasteiger partial charge on any atom is -0.342 e. The second-order valence-corrected chi connectivity index (χ2v) is 5.59. The van der Waals surface area contributed by atoms with Crippen LogP contribution in [0.25, 0.3) is 0 Å². The Morgan fingerprint density at radius 1 is 0.941 bits per heavy atom. The number of unbranched alkanes of at least 4 members (excludes halogenated alkanes) is 3. The topological polar surface area (TPSA) is 20.3 Å². The predicted molar refractivity (Wildman–Crippen MR) is 75.1 cm³/mol. The van der Waals surface area contributed by atoms with Crippen LogP contribution in [0.1, 0.15) is 73.1 Å². The molecule has 0 saturated carbocycles. The van der Waals surface area contributed by atoms with E-state index in [-0.39, 0.29) is 5.41 Å². The smallest absolute Gasteiger partial charge is 0.228 e. The minimum absolute atomic E-state index is 0.195. The lowest BCUT2D eigenvalue weighted by atomic mass is 9.88. The van der Waals surface area contributed by atoms with Crippen LogP contribution in [-0.4, -0.2) is 23.9 Å². The van der Waals surface area contributed by atoms with Gasteiger partial charge in [0.25, 0.3) is 0 Å². The number of amides is 1. The zero-order valence-corrected chi connectivity index (χ0v) is 12.5. The van der Waals surface area contributed by atoms with E-state index in [1.165, 1.54) is 19.3 Å². The fraction of sp³-hybridized carbons (Fsp3) is 0.933. The van der Waals surface area contributed by atoms with E-state index in [1.54, 1.807) is 0 Å². The van der Waals surface area contributed by atoms with Gasteiger partial charge in [-0.2, -0.15) is 0 Å². The van der Waals surface area contributed by atoms with E-state index in [1.807, 2.05) is 0 Å². The summed E-state index contributed by atoms with van der Waals surface area (Å²) in [5, 5.41) is 0. The lowest BCUT2D eigenvalue weighted by Gasteiger charge is -2.31. The first kappa shape index (κ1) is 16.5. The van der Waals surface area contributed by atoms with Crippen LogP contribution in [0.15, 0.2) is 0 Å². The number of rotatable bonds is 9.